The summed E-state index contributed by atoms with van der Waals surface area (Å²) in [5, 5.41) is 14.7. The van der Waals surface area contributed by atoms with Gasteiger partial charge < -0.3 is 10.1 Å². The molecule has 0 fully saturated rings. The number of anilines is 1. The standard InChI is InChI=1S/C32H28N2O3/c1-4-37-32(36)25-11-13-28(14-12-25)34-31(35)27(20-33)19-30-26(10-9-24-7-5-6-8-29(24)30)18-23-16-21(2)15-22(3)17-23/h5-17,19H,4,18H2,1-3H3,(H,34,35)/b27-19+. The predicted octanol–water partition coefficient (Wildman–Crippen LogP) is 6.77. The van der Waals surface area contributed by atoms with Crippen molar-refractivity contribution in [3.63, 3.8) is 0 Å². The second kappa shape index (κ2) is 11.4. The van der Waals surface area contributed by atoms with Gasteiger partial charge in [-0.25, -0.2) is 4.79 Å². The summed E-state index contributed by atoms with van der Waals surface area (Å²) in [6.07, 6.45) is 2.34. The van der Waals surface area contributed by atoms with Crippen LogP contribution in [0.5, 0.6) is 0 Å². The zero-order valence-electron chi connectivity index (χ0n) is 21.2. The summed E-state index contributed by atoms with van der Waals surface area (Å²) < 4.78 is 4.99. The van der Waals surface area contributed by atoms with E-state index in [-0.39, 0.29) is 12.2 Å². The summed E-state index contributed by atoms with van der Waals surface area (Å²) >= 11 is 0. The normalized spacial score (nSPS) is 11.1. The van der Waals surface area contributed by atoms with Gasteiger partial charge in [-0.3, -0.25) is 4.79 Å². The Balaban J connectivity index is 1.68. The number of benzene rings is 4. The summed E-state index contributed by atoms with van der Waals surface area (Å²) in [6.45, 7) is 6.18. The molecule has 5 heteroatoms. The van der Waals surface area contributed by atoms with Crippen molar-refractivity contribution in [1.29, 1.82) is 5.26 Å². The van der Waals surface area contributed by atoms with Crippen molar-refractivity contribution in [3.05, 3.63) is 118 Å². The van der Waals surface area contributed by atoms with E-state index in [9.17, 15) is 14.9 Å². The SMILES string of the molecule is CCOC(=O)c1ccc(NC(=O)/C(C#N)=C/c2c(Cc3cc(C)cc(C)c3)ccc3ccccc23)cc1. The number of ether oxygens (including phenoxy) is 1. The lowest BCUT2D eigenvalue weighted by atomic mass is 9.92. The fraction of sp³-hybridized carbons (Fsp3) is 0.156. The first kappa shape index (κ1) is 25.4. The number of nitrogens with zero attached hydrogens (tertiary/aromatic N) is 1. The molecule has 4 aromatic rings. The quantitative estimate of drug-likeness (QED) is 0.177. The molecule has 0 aliphatic rings. The summed E-state index contributed by atoms with van der Waals surface area (Å²) in [7, 11) is 0. The number of nitriles is 1. The predicted molar refractivity (Wildman–Crippen MR) is 147 cm³/mol. The zero-order valence-corrected chi connectivity index (χ0v) is 21.2. The van der Waals surface area contributed by atoms with Crippen LogP contribution in [-0.4, -0.2) is 18.5 Å². The van der Waals surface area contributed by atoms with Crippen LogP contribution in [-0.2, 0) is 16.0 Å². The maximum Gasteiger partial charge on any atom is 0.338 e. The largest absolute Gasteiger partial charge is 0.462 e. The van der Waals surface area contributed by atoms with E-state index in [1.807, 2.05) is 24.3 Å². The van der Waals surface area contributed by atoms with E-state index < -0.39 is 11.9 Å². The minimum Gasteiger partial charge on any atom is -0.462 e. The maximum atomic E-state index is 13.1. The Morgan fingerprint density at radius 3 is 2.32 bits per heavy atom. The van der Waals surface area contributed by atoms with Crippen LogP contribution in [0.4, 0.5) is 5.69 Å². The van der Waals surface area contributed by atoms with Crippen LogP contribution in [0.25, 0.3) is 16.8 Å². The topological polar surface area (TPSA) is 79.2 Å². The Morgan fingerprint density at radius 2 is 1.65 bits per heavy atom. The number of nitrogens with one attached hydrogen (secondary N) is 1. The van der Waals surface area contributed by atoms with E-state index in [1.54, 1.807) is 37.3 Å². The minimum absolute atomic E-state index is 0.00695. The van der Waals surface area contributed by atoms with Crippen LogP contribution in [0.2, 0.25) is 0 Å². The molecule has 0 atom stereocenters. The molecule has 0 aliphatic carbocycles. The van der Waals surface area contributed by atoms with Gasteiger partial charge in [0.2, 0.25) is 0 Å². The lowest BCUT2D eigenvalue weighted by molar-refractivity contribution is -0.112. The fourth-order valence-electron chi connectivity index (χ4n) is 4.45. The van der Waals surface area contributed by atoms with Crippen LogP contribution < -0.4 is 5.32 Å². The van der Waals surface area contributed by atoms with Gasteiger partial charge in [-0.15, -0.1) is 0 Å². The summed E-state index contributed by atoms with van der Waals surface area (Å²) in [6, 6.07) is 27.0. The number of hydrogen-bond acceptors (Lipinski definition) is 4. The highest BCUT2D eigenvalue weighted by molar-refractivity contribution is 6.11. The average molecular weight is 489 g/mol. The van der Waals surface area contributed by atoms with Crippen LogP contribution in [0.1, 0.15) is 45.1 Å². The zero-order chi connectivity index (χ0) is 26.4. The molecule has 184 valence electrons. The third-order valence-corrected chi connectivity index (χ3v) is 6.04. The first-order valence-electron chi connectivity index (χ1n) is 12.2. The maximum absolute atomic E-state index is 13.1. The summed E-state index contributed by atoms with van der Waals surface area (Å²) in [4.78, 5) is 25.0. The molecule has 0 spiro atoms. The molecule has 0 radical (unpaired) electrons. The number of carbonyl (C=O) groups excluding carboxylic acids is 2. The number of aryl methyl sites for hydroxylation is 2. The van der Waals surface area contributed by atoms with Gasteiger partial charge in [0, 0.05) is 5.69 Å². The van der Waals surface area contributed by atoms with E-state index in [0.717, 1.165) is 21.9 Å². The van der Waals surface area contributed by atoms with Crippen LogP contribution in [0.3, 0.4) is 0 Å². The minimum atomic E-state index is -0.517. The number of amides is 1. The van der Waals surface area contributed by atoms with Gasteiger partial charge in [0.05, 0.1) is 12.2 Å². The Kier molecular flexibility index (Phi) is 7.80. The van der Waals surface area contributed by atoms with Crippen molar-refractivity contribution >= 4 is 34.4 Å². The molecule has 4 rings (SSSR count). The Morgan fingerprint density at radius 1 is 0.946 bits per heavy atom. The Labute approximate surface area is 217 Å². The molecule has 0 aliphatic heterocycles. The monoisotopic (exact) mass is 488 g/mol. The number of fused-ring (bicyclic) bond motifs is 1. The van der Waals surface area contributed by atoms with Crippen LogP contribution in [0, 0.1) is 25.2 Å². The highest BCUT2D eigenvalue weighted by atomic mass is 16.5. The molecule has 1 N–H and O–H groups in total. The van der Waals surface area contributed by atoms with Crippen LogP contribution in [0.15, 0.2) is 84.4 Å². The van der Waals surface area contributed by atoms with Gasteiger partial charge in [0.1, 0.15) is 11.6 Å². The molecule has 1 amide bonds. The molecule has 0 aromatic heterocycles. The van der Waals surface area contributed by atoms with E-state index in [2.05, 4.69) is 55.6 Å². The highest BCUT2D eigenvalue weighted by Crippen LogP contribution is 2.28. The lowest BCUT2D eigenvalue weighted by Crippen LogP contribution is -2.14. The fourth-order valence-corrected chi connectivity index (χ4v) is 4.45. The molecule has 37 heavy (non-hydrogen) atoms. The molecule has 0 saturated carbocycles. The van der Waals surface area contributed by atoms with Crippen molar-refractivity contribution in [2.75, 3.05) is 11.9 Å². The number of esters is 1. The van der Waals surface area contributed by atoms with Crippen molar-refractivity contribution < 1.29 is 14.3 Å². The molecular weight excluding hydrogens is 460 g/mol. The smallest absolute Gasteiger partial charge is 0.338 e. The highest BCUT2D eigenvalue weighted by Gasteiger charge is 2.14. The number of carbonyl (C=O) groups is 2. The van der Waals surface area contributed by atoms with E-state index in [4.69, 9.17) is 4.74 Å². The molecular formula is C32H28N2O3. The Bertz CT molecular complexity index is 1520. The molecule has 4 aromatic carbocycles. The third kappa shape index (κ3) is 6.12. The van der Waals surface area contributed by atoms with Gasteiger partial charge in [0.25, 0.3) is 5.91 Å². The average Bonchev–Trinajstić information content (AvgIpc) is 2.88. The van der Waals surface area contributed by atoms with Crippen molar-refractivity contribution in [3.8, 4) is 6.07 Å². The first-order chi connectivity index (χ1) is 17.9. The van der Waals surface area contributed by atoms with Gasteiger partial charge in [0.15, 0.2) is 0 Å². The molecule has 0 heterocycles. The van der Waals surface area contributed by atoms with Gasteiger partial charge in [-0.1, -0.05) is 65.7 Å². The van der Waals surface area contributed by atoms with Crippen molar-refractivity contribution in [1.82, 2.24) is 0 Å². The number of rotatable bonds is 7. The molecule has 0 bridgehead atoms. The van der Waals surface area contributed by atoms with Crippen molar-refractivity contribution in [2.24, 2.45) is 0 Å². The van der Waals surface area contributed by atoms with Gasteiger partial charge in [-0.2, -0.15) is 5.26 Å². The van der Waals surface area contributed by atoms with Crippen molar-refractivity contribution in [2.45, 2.75) is 27.2 Å². The molecule has 0 saturated heterocycles. The third-order valence-electron chi connectivity index (χ3n) is 6.04. The molecule has 0 unspecified atom stereocenters. The Hall–Kier alpha value is -4.69. The number of hydrogen-bond donors (Lipinski definition) is 1. The molecule has 5 nitrogen and oxygen atoms in total. The van der Waals surface area contributed by atoms with E-state index in [1.165, 1.54) is 16.7 Å². The second-order valence-corrected chi connectivity index (χ2v) is 8.95. The van der Waals surface area contributed by atoms with Gasteiger partial charge in [-0.05, 0) is 85.0 Å². The van der Waals surface area contributed by atoms with E-state index in [0.29, 0.717) is 17.7 Å². The second-order valence-electron chi connectivity index (χ2n) is 8.95. The van der Waals surface area contributed by atoms with E-state index >= 15 is 0 Å². The van der Waals surface area contributed by atoms with Gasteiger partial charge >= 0.3 is 5.97 Å². The lowest BCUT2D eigenvalue weighted by Gasteiger charge is -2.13. The summed E-state index contributed by atoms with van der Waals surface area (Å²) in [5.41, 5.74) is 6.30. The first-order valence-corrected chi connectivity index (χ1v) is 12.2. The summed E-state index contributed by atoms with van der Waals surface area (Å²) in [5.74, 6) is -0.943. The van der Waals surface area contributed by atoms with Crippen LogP contribution >= 0.6 is 0 Å².